The maximum Gasteiger partial charge on any atom is 0.342 e. The van der Waals surface area contributed by atoms with E-state index in [1.807, 2.05) is 0 Å². The van der Waals surface area contributed by atoms with Gasteiger partial charge >= 0.3 is 5.63 Å². The number of aromatic hydroxyl groups is 1. The summed E-state index contributed by atoms with van der Waals surface area (Å²) in [5.74, 6) is 0.547. The molecule has 15 heavy (non-hydrogen) atoms. The van der Waals surface area contributed by atoms with E-state index in [4.69, 9.17) is 9.15 Å². The van der Waals surface area contributed by atoms with Crippen molar-refractivity contribution in [3.8, 4) is 11.5 Å². The molecular formula is C11H10O4. The summed E-state index contributed by atoms with van der Waals surface area (Å²) in [6, 6.07) is 4.88. The Morgan fingerprint density at radius 1 is 1.40 bits per heavy atom. The summed E-state index contributed by atoms with van der Waals surface area (Å²) in [5, 5.41) is 10.2. The smallest absolute Gasteiger partial charge is 0.342 e. The van der Waals surface area contributed by atoms with Gasteiger partial charge in [-0.25, -0.2) is 4.79 Å². The van der Waals surface area contributed by atoms with Crippen LogP contribution < -0.4 is 10.4 Å². The summed E-state index contributed by atoms with van der Waals surface area (Å²) in [5.41, 5.74) is 0.0322. The Hall–Kier alpha value is -1.97. The van der Waals surface area contributed by atoms with E-state index in [0.717, 1.165) is 0 Å². The van der Waals surface area contributed by atoms with E-state index in [9.17, 15) is 9.90 Å². The molecule has 1 N–H and O–H groups in total. The lowest BCUT2D eigenvalue weighted by molar-refractivity contribution is 0.414. The van der Waals surface area contributed by atoms with Crippen LogP contribution in [-0.4, -0.2) is 12.2 Å². The minimum Gasteiger partial charge on any atom is -0.507 e. The number of hydrogen-bond donors (Lipinski definition) is 1. The third-order valence-electron chi connectivity index (χ3n) is 2.31. The van der Waals surface area contributed by atoms with Gasteiger partial charge in [-0.1, -0.05) is 0 Å². The van der Waals surface area contributed by atoms with Crippen LogP contribution in [0.25, 0.3) is 11.0 Å². The summed E-state index contributed by atoms with van der Waals surface area (Å²) in [6.07, 6.45) is 0. The fraction of sp³-hybridized carbons (Fsp3) is 0.182. The molecule has 0 saturated heterocycles. The first kappa shape index (κ1) is 9.58. The van der Waals surface area contributed by atoms with Gasteiger partial charge in [0.2, 0.25) is 0 Å². The summed E-state index contributed by atoms with van der Waals surface area (Å²) >= 11 is 0. The monoisotopic (exact) mass is 206 g/mol. The lowest BCUT2D eigenvalue weighted by atomic mass is 10.1. The Kier molecular flexibility index (Phi) is 2.11. The quantitative estimate of drug-likeness (QED) is 0.723. The van der Waals surface area contributed by atoms with Crippen molar-refractivity contribution in [1.29, 1.82) is 0 Å². The van der Waals surface area contributed by atoms with Crippen molar-refractivity contribution in [2.45, 2.75) is 6.92 Å². The SMILES string of the molecule is COc1ccc2oc(=O)c(C)c(O)c2c1. The summed E-state index contributed by atoms with van der Waals surface area (Å²) in [4.78, 5) is 11.3. The third-order valence-corrected chi connectivity index (χ3v) is 2.31. The Bertz CT molecular complexity index is 569. The number of benzene rings is 1. The molecule has 0 bridgehead atoms. The van der Waals surface area contributed by atoms with Crippen molar-refractivity contribution in [2.75, 3.05) is 7.11 Å². The molecule has 4 nitrogen and oxygen atoms in total. The zero-order valence-corrected chi connectivity index (χ0v) is 8.40. The molecule has 0 radical (unpaired) electrons. The van der Waals surface area contributed by atoms with Gasteiger partial charge in [-0.05, 0) is 25.1 Å². The van der Waals surface area contributed by atoms with E-state index in [2.05, 4.69) is 0 Å². The Morgan fingerprint density at radius 3 is 2.80 bits per heavy atom. The van der Waals surface area contributed by atoms with Crippen molar-refractivity contribution >= 4 is 11.0 Å². The van der Waals surface area contributed by atoms with Crippen LogP contribution in [0.3, 0.4) is 0 Å². The van der Waals surface area contributed by atoms with Gasteiger partial charge in [-0.3, -0.25) is 0 Å². The Labute approximate surface area is 85.7 Å². The van der Waals surface area contributed by atoms with Gasteiger partial charge in [-0.2, -0.15) is 0 Å². The highest BCUT2D eigenvalue weighted by atomic mass is 16.5. The molecule has 1 aromatic carbocycles. The molecule has 0 unspecified atom stereocenters. The molecule has 2 rings (SSSR count). The van der Waals surface area contributed by atoms with Crippen LogP contribution in [0.15, 0.2) is 27.4 Å². The van der Waals surface area contributed by atoms with Crippen molar-refractivity contribution in [1.82, 2.24) is 0 Å². The minimum absolute atomic E-state index is 0.0554. The second-order valence-electron chi connectivity index (χ2n) is 3.23. The zero-order valence-electron chi connectivity index (χ0n) is 8.40. The number of hydrogen-bond acceptors (Lipinski definition) is 4. The molecule has 1 aromatic heterocycles. The zero-order chi connectivity index (χ0) is 11.0. The fourth-order valence-corrected chi connectivity index (χ4v) is 1.39. The average Bonchev–Trinajstić information content (AvgIpc) is 2.26. The molecule has 0 atom stereocenters. The van der Waals surface area contributed by atoms with Crippen LogP contribution in [0.1, 0.15) is 5.56 Å². The third kappa shape index (κ3) is 1.44. The normalized spacial score (nSPS) is 10.5. The van der Waals surface area contributed by atoms with Crippen LogP contribution >= 0.6 is 0 Å². The summed E-state index contributed by atoms with van der Waals surface area (Å²) in [7, 11) is 1.53. The molecule has 0 amide bonds. The van der Waals surface area contributed by atoms with Crippen molar-refractivity contribution in [2.24, 2.45) is 0 Å². The Balaban J connectivity index is 2.87. The van der Waals surface area contributed by atoms with Gasteiger partial charge < -0.3 is 14.3 Å². The average molecular weight is 206 g/mol. The van der Waals surface area contributed by atoms with Gasteiger partial charge in [0.1, 0.15) is 17.1 Å². The van der Waals surface area contributed by atoms with Crippen LogP contribution in [0, 0.1) is 6.92 Å². The van der Waals surface area contributed by atoms with Gasteiger partial charge in [-0.15, -0.1) is 0 Å². The van der Waals surface area contributed by atoms with Crippen molar-refractivity contribution in [3.05, 3.63) is 34.2 Å². The Morgan fingerprint density at radius 2 is 2.13 bits per heavy atom. The molecule has 4 heteroatoms. The summed E-state index contributed by atoms with van der Waals surface area (Å²) in [6.45, 7) is 1.51. The van der Waals surface area contributed by atoms with Gasteiger partial charge in [0.05, 0.1) is 18.1 Å². The highest BCUT2D eigenvalue weighted by Gasteiger charge is 2.10. The number of ether oxygens (including phenoxy) is 1. The van der Waals surface area contributed by atoms with Crippen LogP contribution in [0.2, 0.25) is 0 Å². The second kappa shape index (κ2) is 3.31. The molecule has 2 aromatic rings. The van der Waals surface area contributed by atoms with Crippen molar-refractivity contribution in [3.63, 3.8) is 0 Å². The number of rotatable bonds is 1. The van der Waals surface area contributed by atoms with E-state index >= 15 is 0 Å². The van der Waals surface area contributed by atoms with E-state index in [1.165, 1.54) is 14.0 Å². The first-order valence-corrected chi connectivity index (χ1v) is 4.44. The van der Waals surface area contributed by atoms with E-state index in [-0.39, 0.29) is 11.3 Å². The van der Waals surface area contributed by atoms with Gasteiger partial charge in [0, 0.05) is 0 Å². The lowest BCUT2D eigenvalue weighted by Crippen LogP contribution is -2.02. The van der Waals surface area contributed by atoms with Gasteiger partial charge in [0.25, 0.3) is 0 Å². The predicted molar refractivity (Wildman–Crippen MR) is 55.4 cm³/mol. The predicted octanol–water partition coefficient (Wildman–Crippen LogP) is 1.82. The van der Waals surface area contributed by atoms with Crippen molar-refractivity contribution < 1.29 is 14.3 Å². The molecule has 0 spiro atoms. The number of fused-ring (bicyclic) bond motifs is 1. The fourth-order valence-electron chi connectivity index (χ4n) is 1.39. The van der Waals surface area contributed by atoms with E-state index < -0.39 is 5.63 Å². The van der Waals surface area contributed by atoms with Crippen LogP contribution in [0.5, 0.6) is 11.5 Å². The number of methoxy groups -OCH3 is 1. The molecular weight excluding hydrogens is 196 g/mol. The first-order chi connectivity index (χ1) is 7.13. The molecule has 0 aliphatic heterocycles. The van der Waals surface area contributed by atoms with Crippen LogP contribution in [-0.2, 0) is 0 Å². The molecule has 0 aliphatic carbocycles. The molecule has 0 aliphatic rings. The highest BCUT2D eigenvalue weighted by Crippen LogP contribution is 2.28. The van der Waals surface area contributed by atoms with Crippen LogP contribution in [0.4, 0.5) is 0 Å². The van der Waals surface area contributed by atoms with E-state index in [1.54, 1.807) is 18.2 Å². The molecule has 1 heterocycles. The molecule has 0 fully saturated rings. The van der Waals surface area contributed by atoms with E-state index in [0.29, 0.717) is 16.7 Å². The minimum atomic E-state index is -0.523. The maximum atomic E-state index is 11.3. The molecule has 0 saturated carbocycles. The highest BCUT2D eigenvalue weighted by molar-refractivity contribution is 5.85. The summed E-state index contributed by atoms with van der Waals surface area (Å²) < 4.78 is 10.0. The standard InChI is InChI=1S/C11H10O4/c1-6-10(12)8-5-7(14-2)3-4-9(8)15-11(6)13/h3-5,12H,1-2H3. The first-order valence-electron chi connectivity index (χ1n) is 4.44. The largest absolute Gasteiger partial charge is 0.507 e. The molecule has 78 valence electrons. The second-order valence-corrected chi connectivity index (χ2v) is 3.23. The van der Waals surface area contributed by atoms with Gasteiger partial charge in [0.15, 0.2) is 0 Å². The maximum absolute atomic E-state index is 11.3. The lowest BCUT2D eigenvalue weighted by Gasteiger charge is -2.04. The topological polar surface area (TPSA) is 59.7 Å².